The molecule has 0 aliphatic rings. The summed E-state index contributed by atoms with van der Waals surface area (Å²) in [5, 5.41) is 2.95. The zero-order chi connectivity index (χ0) is 11.3. The van der Waals surface area contributed by atoms with Gasteiger partial charge >= 0.3 is 5.97 Å². The fourth-order valence-corrected chi connectivity index (χ4v) is 1.23. The van der Waals surface area contributed by atoms with Gasteiger partial charge in [-0.3, -0.25) is 0 Å². The van der Waals surface area contributed by atoms with Crippen molar-refractivity contribution in [2.45, 2.75) is 6.92 Å². The van der Waals surface area contributed by atoms with E-state index in [-0.39, 0.29) is 5.97 Å². The molecule has 0 atom stereocenters. The van der Waals surface area contributed by atoms with E-state index < -0.39 is 0 Å². The van der Waals surface area contributed by atoms with Gasteiger partial charge < -0.3 is 14.8 Å². The molecule has 1 aromatic rings. The molecule has 4 heteroatoms. The number of rotatable bonds is 4. The minimum atomic E-state index is -0.369. The number of methoxy groups -OCH3 is 1. The molecule has 0 unspecified atom stereocenters. The Morgan fingerprint density at radius 3 is 2.73 bits per heavy atom. The van der Waals surface area contributed by atoms with Crippen LogP contribution in [-0.2, 0) is 4.74 Å². The van der Waals surface area contributed by atoms with Crippen LogP contribution in [0.5, 0.6) is 5.75 Å². The summed E-state index contributed by atoms with van der Waals surface area (Å²) < 4.78 is 10.0. The van der Waals surface area contributed by atoms with E-state index in [0.717, 1.165) is 5.69 Å². The lowest BCUT2D eigenvalue weighted by molar-refractivity contribution is 0.0523. The summed E-state index contributed by atoms with van der Waals surface area (Å²) in [5.74, 6) is 0.152. The number of anilines is 1. The third-order valence-electron chi connectivity index (χ3n) is 1.98. The van der Waals surface area contributed by atoms with Crippen LogP contribution in [0.3, 0.4) is 0 Å². The van der Waals surface area contributed by atoms with Gasteiger partial charge in [-0.1, -0.05) is 0 Å². The zero-order valence-electron chi connectivity index (χ0n) is 9.16. The van der Waals surface area contributed by atoms with Gasteiger partial charge in [0.1, 0.15) is 11.3 Å². The molecule has 1 rings (SSSR count). The first-order chi connectivity index (χ1) is 7.22. The van der Waals surface area contributed by atoms with Crippen molar-refractivity contribution in [3.8, 4) is 5.75 Å². The van der Waals surface area contributed by atoms with Gasteiger partial charge in [-0.15, -0.1) is 0 Å². The fraction of sp³-hybridized carbons (Fsp3) is 0.364. The summed E-state index contributed by atoms with van der Waals surface area (Å²) in [6, 6.07) is 5.27. The van der Waals surface area contributed by atoms with Crippen LogP contribution in [0.2, 0.25) is 0 Å². The third kappa shape index (κ3) is 2.62. The van der Waals surface area contributed by atoms with Crippen molar-refractivity contribution in [2.24, 2.45) is 0 Å². The first-order valence-corrected chi connectivity index (χ1v) is 4.75. The van der Waals surface area contributed by atoms with E-state index in [9.17, 15) is 4.79 Å². The van der Waals surface area contributed by atoms with Crippen LogP contribution in [-0.4, -0.2) is 26.7 Å². The SMILES string of the molecule is CCOC(=O)c1cc(NC)ccc1OC. The molecule has 0 saturated heterocycles. The Labute approximate surface area is 89.2 Å². The highest BCUT2D eigenvalue weighted by Gasteiger charge is 2.13. The van der Waals surface area contributed by atoms with E-state index in [4.69, 9.17) is 9.47 Å². The quantitative estimate of drug-likeness (QED) is 0.769. The monoisotopic (exact) mass is 209 g/mol. The van der Waals surface area contributed by atoms with E-state index in [1.54, 1.807) is 26.1 Å². The minimum Gasteiger partial charge on any atom is -0.496 e. The smallest absolute Gasteiger partial charge is 0.341 e. The number of carbonyl (C=O) groups excluding carboxylic acids is 1. The summed E-state index contributed by atoms with van der Waals surface area (Å²) in [7, 11) is 3.31. The van der Waals surface area contributed by atoms with Crippen molar-refractivity contribution < 1.29 is 14.3 Å². The number of ether oxygens (including phenoxy) is 2. The van der Waals surface area contributed by atoms with E-state index in [0.29, 0.717) is 17.9 Å². The Bertz CT molecular complexity index is 350. The molecule has 0 fully saturated rings. The lowest BCUT2D eigenvalue weighted by atomic mass is 10.2. The van der Waals surface area contributed by atoms with Gasteiger partial charge in [0.15, 0.2) is 0 Å². The Morgan fingerprint density at radius 2 is 2.20 bits per heavy atom. The molecule has 0 aliphatic carbocycles. The highest BCUT2D eigenvalue weighted by Crippen LogP contribution is 2.23. The van der Waals surface area contributed by atoms with Crippen LogP contribution in [0.25, 0.3) is 0 Å². The predicted molar refractivity (Wildman–Crippen MR) is 58.5 cm³/mol. The maximum atomic E-state index is 11.6. The summed E-state index contributed by atoms with van der Waals surface area (Å²) in [5.41, 5.74) is 1.28. The first-order valence-electron chi connectivity index (χ1n) is 4.75. The lowest BCUT2D eigenvalue weighted by Gasteiger charge is -2.09. The lowest BCUT2D eigenvalue weighted by Crippen LogP contribution is -2.07. The van der Waals surface area contributed by atoms with E-state index in [1.807, 2.05) is 6.07 Å². The van der Waals surface area contributed by atoms with Crippen LogP contribution in [0.15, 0.2) is 18.2 Å². The number of carbonyl (C=O) groups is 1. The normalized spacial score (nSPS) is 9.53. The Kier molecular flexibility index (Phi) is 3.97. The van der Waals surface area contributed by atoms with E-state index in [1.165, 1.54) is 7.11 Å². The second-order valence-corrected chi connectivity index (χ2v) is 2.89. The Balaban J connectivity index is 3.05. The molecule has 0 bridgehead atoms. The molecule has 0 aromatic heterocycles. The first kappa shape index (κ1) is 11.4. The maximum absolute atomic E-state index is 11.6. The van der Waals surface area contributed by atoms with Gasteiger partial charge in [0.2, 0.25) is 0 Å². The summed E-state index contributed by atoms with van der Waals surface area (Å²) in [4.78, 5) is 11.6. The van der Waals surface area contributed by atoms with E-state index >= 15 is 0 Å². The molecule has 0 amide bonds. The van der Waals surface area contributed by atoms with Crippen molar-refractivity contribution in [3.05, 3.63) is 23.8 Å². The van der Waals surface area contributed by atoms with Crippen molar-refractivity contribution in [1.29, 1.82) is 0 Å². The van der Waals surface area contributed by atoms with E-state index in [2.05, 4.69) is 5.32 Å². The largest absolute Gasteiger partial charge is 0.496 e. The summed E-state index contributed by atoms with van der Waals surface area (Å²) in [6.45, 7) is 2.12. The third-order valence-corrected chi connectivity index (χ3v) is 1.98. The average Bonchev–Trinajstić information content (AvgIpc) is 2.28. The molecule has 15 heavy (non-hydrogen) atoms. The molecule has 0 radical (unpaired) electrons. The number of nitrogens with one attached hydrogen (secondary N) is 1. The van der Waals surface area contributed by atoms with Crippen molar-refractivity contribution in [3.63, 3.8) is 0 Å². The molecule has 1 aromatic carbocycles. The van der Waals surface area contributed by atoms with Gasteiger partial charge in [-0.05, 0) is 25.1 Å². The van der Waals surface area contributed by atoms with Crippen LogP contribution < -0.4 is 10.1 Å². The van der Waals surface area contributed by atoms with Gasteiger partial charge in [0.25, 0.3) is 0 Å². The van der Waals surface area contributed by atoms with Crippen LogP contribution >= 0.6 is 0 Å². The van der Waals surface area contributed by atoms with Gasteiger partial charge in [0.05, 0.1) is 13.7 Å². The Hall–Kier alpha value is -1.71. The molecule has 0 heterocycles. The molecule has 4 nitrogen and oxygen atoms in total. The number of hydrogen-bond donors (Lipinski definition) is 1. The van der Waals surface area contributed by atoms with Crippen molar-refractivity contribution in [1.82, 2.24) is 0 Å². The zero-order valence-corrected chi connectivity index (χ0v) is 9.16. The van der Waals surface area contributed by atoms with Crippen LogP contribution in [0.4, 0.5) is 5.69 Å². The molecule has 0 saturated carbocycles. The van der Waals surface area contributed by atoms with Gasteiger partial charge in [-0.25, -0.2) is 4.79 Å². The summed E-state index contributed by atoms with van der Waals surface area (Å²) >= 11 is 0. The summed E-state index contributed by atoms with van der Waals surface area (Å²) in [6.07, 6.45) is 0. The van der Waals surface area contributed by atoms with Crippen LogP contribution in [0, 0.1) is 0 Å². The molecular formula is C11H15NO3. The van der Waals surface area contributed by atoms with Gasteiger partial charge in [-0.2, -0.15) is 0 Å². The Morgan fingerprint density at radius 1 is 1.47 bits per heavy atom. The second-order valence-electron chi connectivity index (χ2n) is 2.89. The topological polar surface area (TPSA) is 47.6 Å². The predicted octanol–water partition coefficient (Wildman–Crippen LogP) is 1.91. The highest BCUT2D eigenvalue weighted by molar-refractivity contribution is 5.93. The number of esters is 1. The number of benzene rings is 1. The van der Waals surface area contributed by atoms with Crippen molar-refractivity contribution in [2.75, 3.05) is 26.1 Å². The number of hydrogen-bond acceptors (Lipinski definition) is 4. The maximum Gasteiger partial charge on any atom is 0.341 e. The second kappa shape index (κ2) is 5.24. The highest BCUT2D eigenvalue weighted by atomic mass is 16.5. The fourth-order valence-electron chi connectivity index (χ4n) is 1.23. The molecule has 82 valence electrons. The van der Waals surface area contributed by atoms with Crippen molar-refractivity contribution >= 4 is 11.7 Å². The van der Waals surface area contributed by atoms with Gasteiger partial charge in [0, 0.05) is 12.7 Å². The molecule has 1 N–H and O–H groups in total. The molecular weight excluding hydrogens is 194 g/mol. The molecule has 0 spiro atoms. The molecule has 0 aliphatic heterocycles. The minimum absolute atomic E-state index is 0.353. The average molecular weight is 209 g/mol. The standard InChI is InChI=1S/C11H15NO3/c1-4-15-11(13)9-7-8(12-2)5-6-10(9)14-3/h5-7,12H,4H2,1-3H3. The van der Waals surface area contributed by atoms with Crippen LogP contribution in [0.1, 0.15) is 17.3 Å².